The minimum atomic E-state index is -0.0960. The van der Waals surface area contributed by atoms with Gasteiger partial charge < -0.3 is 5.32 Å². The highest BCUT2D eigenvalue weighted by atomic mass is 32.1. The summed E-state index contributed by atoms with van der Waals surface area (Å²) >= 11 is 1.47. The third kappa shape index (κ3) is 4.02. The van der Waals surface area contributed by atoms with Crippen LogP contribution in [-0.2, 0) is 12.8 Å². The van der Waals surface area contributed by atoms with Crippen molar-refractivity contribution < 1.29 is 4.79 Å². The Kier molecular flexibility index (Phi) is 4.78. The van der Waals surface area contributed by atoms with Gasteiger partial charge in [0.1, 0.15) is 4.88 Å². The van der Waals surface area contributed by atoms with E-state index in [9.17, 15) is 4.79 Å². The van der Waals surface area contributed by atoms with Crippen LogP contribution in [0.2, 0.25) is 0 Å². The molecule has 1 amide bonds. The standard InChI is InChI=1S/C18H17N3OS/c1-13-17(18(22)21-15-5-3-2-4-6-15)23-16(20-13)8-7-14-9-11-19-12-10-14/h2-6,9-12H,7-8H2,1H3,(H,21,22). The first-order valence-electron chi connectivity index (χ1n) is 7.44. The van der Waals surface area contributed by atoms with E-state index < -0.39 is 0 Å². The van der Waals surface area contributed by atoms with Crippen LogP contribution in [0.4, 0.5) is 5.69 Å². The largest absolute Gasteiger partial charge is 0.321 e. The minimum Gasteiger partial charge on any atom is -0.321 e. The average Bonchev–Trinajstić information content (AvgIpc) is 2.96. The summed E-state index contributed by atoms with van der Waals surface area (Å²) in [6.07, 6.45) is 5.31. The maximum atomic E-state index is 12.4. The average molecular weight is 323 g/mol. The molecule has 0 saturated heterocycles. The third-order valence-corrected chi connectivity index (χ3v) is 4.67. The molecule has 2 aromatic heterocycles. The Balaban J connectivity index is 1.67. The fourth-order valence-corrected chi connectivity index (χ4v) is 3.24. The van der Waals surface area contributed by atoms with Crippen LogP contribution in [-0.4, -0.2) is 15.9 Å². The van der Waals surface area contributed by atoms with E-state index in [2.05, 4.69) is 15.3 Å². The SMILES string of the molecule is Cc1nc(CCc2ccncc2)sc1C(=O)Nc1ccccc1. The van der Waals surface area contributed by atoms with Crippen LogP contribution in [0.5, 0.6) is 0 Å². The lowest BCUT2D eigenvalue weighted by atomic mass is 10.1. The number of nitrogens with one attached hydrogen (secondary N) is 1. The second-order valence-electron chi connectivity index (χ2n) is 5.20. The number of carbonyl (C=O) groups is 1. The highest BCUT2D eigenvalue weighted by Crippen LogP contribution is 2.21. The number of hydrogen-bond acceptors (Lipinski definition) is 4. The van der Waals surface area contributed by atoms with Gasteiger partial charge in [-0.25, -0.2) is 4.98 Å². The predicted octanol–water partition coefficient (Wildman–Crippen LogP) is 3.88. The molecule has 3 rings (SSSR count). The van der Waals surface area contributed by atoms with E-state index in [1.165, 1.54) is 16.9 Å². The Bertz CT molecular complexity index is 785. The third-order valence-electron chi connectivity index (χ3n) is 3.46. The van der Waals surface area contributed by atoms with E-state index in [-0.39, 0.29) is 5.91 Å². The smallest absolute Gasteiger partial charge is 0.267 e. The van der Waals surface area contributed by atoms with Crippen molar-refractivity contribution >= 4 is 22.9 Å². The second-order valence-corrected chi connectivity index (χ2v) is 6.28. The molecule has 0 atom stereocenters. The zero-order valence-corrected chi connectivity index (χ0v) is 13.6. The maximum Gasteiger partial charge on any atom is 0.267 e. The molecule has 0 radical (unpaired) electrons. The molecule has 2 heterocycles. The van der Waals surface area contributed by atoms with E-state index in [1.54, 1.807) is 12.4 Å². The molecule has 0 aliphatic heterocycles. The first-order valence-corrected chi connectivity index (χ1v) is 8.25. The van der Waals surface area contributed by atoms with Gasteiger partial charge in [0.15, 0.2) is 0 Å². The van der Waals surface area contributed by atoms with Gasteiger partial charge in [0.25, 0.3) is 5.91 Å². The number of nitrogens with zero attached hydrogens (tertiary/aromatic N) is 2. The summed E-state index contributed by atoms with van der Waals surface area (Å²) < 4.78 is 0. The van der Waals surface area contributed by atoms with Gasteiger partial charge in [0.2, 0.25) is 0 Å². The normalized spacial score (nSPS) is 10.5. The van der Waals surface area contributed by atoms with Crippen LogP contribution in [0, 0.1) is 6.92 Å². The minimum absolute atomic E-state index is 0.0960. The van der Waals surface area contributed by atoms with Gasteiger partial charge in [0.05, 0.1) is 10.7 Å². The molecule has 5 heteroatoms. The zero-order valence-electron chi connectivity index (χ0n) is 12.8. The Labute approximate surface area is 139 Å². The van der Waals surface area contributed by atoms with Crippen molar-refractivity contribution in [3.63, 3.8) is 0 Å². The van der Waals surface area contributed by atoms with Crippen molar-refractivity contribution in [1.82, 2.24) is 9.97 Å². The highest BCUT2D eigenvalue weighted by molar-refractivity contribution is 7.13. The molecule has 1 aromatic carbocycles. The van der Waals surface area contributed by atoms with E-state index in [4.69, 9.17) is 0 Å². The topological polar surface area (TPSA) is 54.9 Å². The van der Waals surface area contributed by atoms with Gasteiger partial charge in [-0.1, -0.05) is 18.2 Å². The maximum absolute atomic E-state index is 12.4. The first kappa shape index (κ1) is 15.4. The monoisotopic (exact) mass is 323 g/mol. The Morgan fingerprint density at radius 3 is 2.57 bits per heavy atom. The molecular weight excluding hydrogens is 306 g/mol. The van der Waals surface area contributed by atoms with Crippen LogP contribution < -0.4 is 5.32 Å². The fraction of sp³-hybridized carbons (Fsp3) is 0.167. The number of benzene rings is 1. The molecule has 0 aliphatic rings. The number of anilines is 1. The molecule has 0 spiro atoms. The lowest BCUT2D eigenvalue weighted by Crippen LogP contribution is -2.11. The lowest BCUT2D eigenvalue weighted by Gasteiger charge is -2.02. The summed E-state index contributed by atoms with van der Waals surface area (Å²) in [7, 11) is 0. The van der Waals surface area contributed by atoms with Crippen LogP contribution >= 0.6 is 11.3 Å². The summed E-state index contributed by atoms with van der Waals surface area (Å²) in [4.78, 5) is 21.6. The number of thiazole rings is 1. The van der Waals surface area contributed by atoms with Gasteiger partial charge in [-0.2, -0.15) is 0 Å². The predicted molar refractivity (Wildman–Crippen MR) is 92.9 cm³/mol. The Morgan fingerprint density at radius 2 is 1.83 bits per heavy atom. The summed E-state index contributed by atoms with van der Waals surface area (Å²) in [6.45, 7) is 1.88. The molecule has 3 aromatic rings. The Morgan fingerprint density at radius 1 is 1.09 bits per heavy atom. The van der Waals surface area contributed by atoms with Crippen molar-refractivity contribution in [2.24, 2.45) is 0 Å². The molecule has 0 saturated carbocycles. The number of para-hydroxylation sites is 1. The van der Waals surface area contributed by atoms with Crippen LogP contribution in [0.15, 0.2) is 54.9 Å². The first-order chi connectivity index (χ1) is 11.2. The molecule has 0 unspecified atom stereocenters. The van der Waals surface area contributed by atoms with E-state index >= 15 is 0 Å². The van der Waals surface area contributed by atoms with Crippen molar-refractivity contribution in [3.05, 3.63) is 76.0 Å². The molecule has 0 bridgehead atoms. The molecule has 0 fully saturated rings. The van der Waals surface area contributed by atoms with Crippen LogP contribution in [0.3, 0.4) is 0 Å². The van der Waals surface area contributed by atoms with E-state index in [0.29, 0.717) is 4.88 Å². The van der Waals surface area contributed by atoms with Crippen molar-refractivity contribution in [2.75, 3.05) is 5.32 Å². The van der Waals surface area contributed by atoms with Gasteiger partial charge in [-0.15, -0.1) is 11.3 Å². The van der Waals surface area contributed by atoms with Crippen molar-refractivity contribution in [3.8, 4) is 0 Å². The number of carbonyl (C=O) groups excluding carboxylic acids is 1. The number of rotatable bonds is 5. The van der Waals surface area contributed by atoms with Crippen LogP contribution in [0.25, 0.3) is 0 Å². The quantitative estimate of drug-likeness (QED) is 0.775. The number of amides is 1. The summed E-state index contributed by atoms with van der Waals surface area (Å²) in [6, 6.07) is 13.5. The molecule has 0 aliphatic carbocycles. The number of pyridine rings is 1. The fourth-order valence-electron chi connectivity index (χ4n) is 2.28. The van der Waals surface area contributed by atoms with Gasteiger partial charge in [-0.3, -0.25) is 9.78 Å². The van der Waals surface area contributed by atoms with Crippen LogP contribution in [0.1, 0.15) is 25.9 Å². The number of hydrogen-bond donors (Lipinski definition) is 1. The molecular formula is C18H17N3OS. The zero-order chi connectivity index (χ0) is 16.1. The summed E-state index contributed by atoms with van der Waals surface area (Å²) in [5.41, 5.74) is 2.81. The molecule has 1 N–H and O–H groups in total. The van der Waals surface area contributed by atoms with Crippen molar-refractivity contribution in [1.29, 1.82) is 0 Å². The number of aromatic nitrogens is 2. The van der Waals surface area contributed by atoms with E-state index in [1.807, 2.05) is 49.4 Å². The van der Waals surface area contributed by atoms with Gasteiger partial charge in [-0.05, 0) is 43.2 Å². The number of aryl methyl sites for hydroxylation is 3. The summed E-state index contributed by atoms with van der Waals surface area (Å²) in [5.74, 6) is -0.0960. The lowest BCUT2D eigenvalue weighted by molar-refractivity contribution is 0.103. The Hall–Kier alpha value is -2.53. The molecule has 116 valence electrons. The highest BCUT2D eigenvalue weighted by Gasteiger charge is 2.15. The van der Waals surface area contributed by atoms with Crippen molar-refractivity contribution in [2.45, 2.75) is 19.8 Å². The van der Waals surface area contributed by atoms with Gasteiger partial charge >= 0.3 is 0 Å². The summed E-state index contributed by atoms with van der Waals surface area (Å²) in [5, 5.41) is 3.89. The molecule has 4 nitrogen and oxygen atoms in total. The van der Waals surface area contributed by atoms with Gasteiger partial charge in [0, 0.05) is 24.5 Å². The molecule has 23 heavy (non-hydrogen) atoms. The second kappa shape index (κ2) is 7.15. The van der Waals surface area contributed by atoms with E-state index in [0.717, 1.165) is 29.2 Å².